The maximum atomic E-state index is 12.3. The Kier molecular flexibility index (Phi) is 4.98. The summed E-state index contributed by atoms with van der Waals surface area (Å²) in [7, 11) is 0. The highest BCUT2D eigenvalue weighted by Crippen LogP contribution is 2.22. The zero-order valence-corrected chi connectivity index (χ0v) is 14.4. The predicted octanol–water partition coefficient (Wildman–Crippen LogP) is 2.92. The Morgan fingerprint density at radius 2 is 1.87 bits per heavy atom. The van der Waals surface area contributed by atoms with E-state index in [4.69, 9.17) is 5.73 Å². The van der Waals surface area contributed by atoms with E-state index in [1.54, 1.807) is 0 Å². The van der Waals surface area contributed by atoms with Crippen molar-refractivity contribution >= 4 is 27.5 Å². The van der Waals surface area contributed by atoms with Gasteiger partial charge in [-0.05, 0) is 48.4 Å². The Bertz CT molecular complexity index is 670. The summed E-state index contributed by atoms with van der Waals surface area (Å²) in [6.45, 7) is 2.29. The highest BCUT2D eigenvalue weighted by Gasteiger charge is 2.24. The van der Waals surface area contributed by atoms with Crippen molar-refractivity contribution in [2.75, 3.05) is 18.0 Å². The van der Waals surface area contributed by atoms with Crippen LogP contribution in [0.1, 0.15) is 22.3 Å². The van der Waals surface area contributed by atoms with Gasteiger partial charge in [0.1, 0.15) is 0 Å². The molecule has 4 nitrogen and oxygen atoms in total. The molecule has 1 amide bonds. The summed E-state index contributed by atoms with van der Waals surface area (Å²) in [6, 6.07) is 15.9. The normalized spacial score (nSPS) is 17.3. The summed E-state index contributed by atoms with van der Waals surface area (Å²) in [5.74, 6) is -0.0174. The molecule has 0 radical (unpaired) electrons. The zero-order chi connectivity index (χ0) is 16.2. The molecule has 1 saturated heterocycles. The molecule has 3 N–H and O–H groups in total. The van der Waals surface area contributed by atoms with E-state index < -0.39 is 0 Å². The van der Waals surface area contributed by atoms with Crippen molar-refractivity contribution < 1.29 is 4.79 Å². The van der Waals surface area contributed by atoms with Gasteiger partial charge in [0, 0.05) is 41.4 Å². The van der Waals surface area contributed by atoms with Crippen LogP contribution in [0.15, 0.2) is 53.0 Å². The van der Waals surface area contributed by atoms with E-state index in [0.29, 0.717) is 12.1 Å². The van der Waals surface area contributed by atoms with Gasteiger partial charge in [-0.15, -0.1) is 0 Å². The SMILES string of the molecule is NCc1ccc(C(=O)NC2CCN(c3ccc(Br)cc3)C2)cc1. The number of hydrogen-bond donors (Lipinski definition) is 2. The maximum absolute atomic E-state index is 12.3. The molecule has 3 rings (SSSR count). The van der Waals surface area contributed by atoms with Crippen molar-refractivity contribution in [1.29, 1.82) is 0 Å². The monoisotopic (exact) mass is 373 g/mol. The molecule has 1 unspecified atom stereocenters. The van der Waals surface area contributed by atoms with Crippen LogP contribution in [-0.2, 0) is 6.54 Å². The van der Waals surface area contributed by atoms with Gasteiger partial charge in [0.15, 0.2) is 0 Å². The van der Waals surface area contributed by atoms with Crippen LogP contribution in [0.5, 0.6) is 0 Å². The Hall–Kier alpha value is -1.85. The van der Waals surface area contributed by atoms with Crippen LogP contribution in [0.2, 0.25) is 0 Å². The van der Waals surface area contributed by atoms with Crippen molar-refractivity contribution in [3.8, 4) is 0 Å². The van der Waals surface area contributed by atoms with Gasteiger partial charge < -0.3 is 16.0 Å². The molecule has 0 aromatic heterocycles. The number of nitrogens with zero attached hydrogens (tertiary/aromatic N) is 1. The molecule has 0 saturated carbocycles. The van der Waals surface area contributed by atoms with Crippen LogP contribution < -0.4 is 16.0 Å². The van der Waals surface area contributed by atoms with Gasteiger partial charge in [-0.2, -0.15) is 0 Å². The van der Waals surface area contributed by atoms with Crippen molar-refractivity contribution in [2.45, 2.75) is 19.0 Å². The minimum atomic E-state index is -0.0174. The fraction of sp³-hybridized carbons (Fsp3) is 0.278. The third kappa shape index (κ3) is 3.92. The summed E-state index contributed by atoms with van der Waals surface area (Å²) in [6.07, 6.45) is 0.961. The third-order valence-corrected chi connectivity index (χ3v) is 4.70. The van der Waals surface area contributed by atoms with Crippen LogP contribution in [0, 0.1) is 0 Å². The topological polar surface area (TPSA) is 58.4 Å². The van der Waals surface area contributed by atoms with Gasteiger partial charge in [-0.3, -0.25) is 4.79 Å². The van der Waals surface area contributed by atoms with Crippen molar-refractivity contribution in [1.82, 2.24) is 5.32 Å². The number of anilines is 1. The standard InChI is InChI=1S/C18H20BrN3O/c19-15-5-7-17(8-6-15)22-10-9-16(12-22)21-18(23)14-3-1-13(11-20)2-4-14/h1-8,16H,9-12,20H2,(H,21,23). The molecular formula is C18H20BrN3O. The van der Waals surface area contributed by atoms with E-state index in [0.717, 1.165) is 29.5 Å². The molecule has 1 fully saturated rings. The Balaban J connectivity index is 1.58. The molecule has 5 heteroatoms. The van der Waals surface area contributed by atoms with E-state index in [2.05, 4.69) is 38.3 Å². The Morgan fingerprint density at radius 1 is 1.17 bits per heavy atom. The van der Waals surface area contributed by atoms with Crippen molar-refractivity contribution in [2.24, 2.45) is 5.73 Å². The van der Waals surface area contributed by atoms with Gasteiger partial charge in [0.2, 0.25) is 0 Å². The summed E-state index contributed by atoms with van der Waals surface area (Å²) in [4.78, 5) is 14.6. The molecular weight excluding hydrogens is 354 g/mol. The fourth-order valence-electron chi connectivity index (χ4n) is 2.83. The van der Waals surface area contributed by atoms with E-state index in [9.17, 15) is 4.79 Å². The van der Waals surface area contributed by atoms with E-state index >= 15 is 0 Å². The first-order valence-electron chi connectivity index (χ1n) is 7.76. The highest BCUT2D eigenvalue weighted by molar-refractivity contribution is 9.10. The first kappa shape index (κ1) is 16.0. The molecule has 0 spiro atoms. The van der Waals surface area contributed by atoms with Gasteiger partial charge in [-0.25, -0.2) is 0 Å². The molecule has 1 aliphatic heterocycles. The quantitative estimate of drug-likeness (QED) is 0.865. The lowest BCUT2D eigenvalue weighted by molar-refractivity contribution is 0.0940. The van der Waals surface area contributed by atoms with Crippen LogP contribution in [0.3, 0.4) is 0 Å². The van der Waals surface area contributed by atoms with Crippen molar-refractivity contribution in [3.63, 3.8) is 0 Å². The number of nitrogens with one attached hydrogen (secondary N) is 1. The molecule has 1 heterocycles. The second-order valence-electron chi connectivity index (χ2n) is 5.78. The molecule has 0 bridgehead atoms. The average Bonchev–Trinajstić information content (AvgIpc) is 3.04. The van der Waals surface area contributed by atoms with Gasteiger partial charge in [0.25, 0.3) is 5.91 Å². The molecule has 0 aliphatic carbocycles. The lowest BCUT2D eigenvalue weighted by atomic mass is 10.1. The number of carbonyl (C=O) groups excluding carboxylic acids is 1. The van der Waals surface area contributed by atoms with Crippen LogP contribution >= 0.6 is 15.9 Å². The smallest absolute Gasteiger partial charge is 0.251 e. The molecule has 23 heavy (non-hydrogen) atoms. The van der Waals surface area contributed by atoms with E-state index in [-0.39, 0.29) is 11.9 Å². The number of amides is 1. The molecule has 120 valence electrons. The average molecular weight is 374 g/mol. The number of benzene rings is 2. The van der Waals surface area contributed by atoms with Crippen LogP contribution in [0.25, 0.3) is 0 Å². The highest BCUT2D eigenvalue weighted by atomic mass is 79.9. The summed E-state index contributed by atoms with van der Waals surface area (Å²) in [5, 5.41) is 3.12. The number of carbonyl (C=O) groups is 1. The largest absolute Gasteiger partial charge is 0.369 e. The first-order chi connectivity index (χ1) is 11.2. The van der Waals surface area contributed by atoms with Crippen LogP contribution in [0.4, 0.5) is 5.69 Å². The van der Waals surface area contributed by atoms with Crippen LogP contribution in [-0.4, -0.2) is 25.0 Å². The molecule has 2 aromatic rings. The fourth-order valence-corrected chi connectivity index (χ4v) is 3.09. The lowest BCUT2D eigenvalue weighted by Crippen LogP contribution is -2.37. The number of nitrogens with two attached hydrogens (primary N) is 1. The predicted molar refractivity (Wildman–Crippen MR) is 96.6 cm³/mol. The molecule has 1 atom stereocenters. The number of halogens is 1. The van der Waals surface area contributed by atoms with Crippen molar-refractivity contribution in [3.05, 3.63) is 64.1 Å². The second kappa shape index (κ2) is 7.15. The third-order valence-electron chi connectivity index (χ3n) is 4.17. The second-order valence-corrected chi connectivity index (χ2v) is 6.70. The maximum Gasteiger partial charge on any atom is 0.251 e. The molecule has 2 aromatic carbocycles. The van der Waals surface area contributed by atoms with Gasteiger partial charge >= 0.3 is 0 Å². The summed E-state index contributed by atoms with van der Waals surface area (Å²) < 4.78 is 1.08. The zero-order valence-electron chi connectivity index (χ0n) is 12.8. The van der Waals surface area contributed by atoms with E-state index in [1.807, 2.05) is 36.4 Å². The Morgan fingerprint density at radius 3 is 2.52 bits per heavy atom. The minimum Gasteiger partial charge on any atom is -0.369 e. The minimum absolute atomic E-state index is 0.0174. The summed E-state index contributed by atoms with van der Waals surface area (Å²) >= 11 is 3.45. The van der Waals surface area contributed by atoms with E-state index in [1.165, 1.54) is 5.69 Å². The Labute approximate surface area is 144 Å². The van der Waals surface area contributed by atoms with Gasteiger partial charge in [-0.1, -0.05) is 28.1 Å². The number of hydrogen-bond acceptors (Lipinski definition) is 3. The summed E-state index contributed by atoms with van der Waals surface area (Å²) in [5.41, 5.74) is 8.49. The number of rotatable bonds is 4. The van der Waals surface area contributed by atoms with Gasteiger partial charge in [0.05, 0.1) is 0 Å². The molecule has 1 aliphatic rings. The first-order valence-corrected chi connectivity index (χ1v) is 8.55. The lowest BCUT2D eigenvalue weighted by Gasteiger charge is -2.19.